The second-order valence-corrected chi connectivity index (χ2v) is 6.67. The van der Waals surface area contributed by atoms with Crippen molar-refractivity contribution >= 4 is 23.3 Å². The van der Waals surface area contributed by atoms with Gasteiger partial charge in [-0.15, -0.1) is 11.3 Å². The number of nitrogens with zero attached hydrogens (tertiary/aromatic N) is 2. The van der Waals surface area contributed by atoms with E-state index in [0.717, 1.165) is 17.1 Å². The van der Waals surface area contributed by atoms with Gasteiger partial charge in [0.15, 0.2) is 0 Å². The molecule has 0 bridgehead atoms. The highest BCUT2D eigenvalue weighted by Crippen LogP contribution is 2.30. The lowest BCUT2D eigenvalue weighted by Crippen LogP contribution is -2.41. The second-order valence-electron chi connectivity index (χ2n) is 5.73. The van der Waals surface area contributed by atoms with Crippen LogP contribution in [-0.2, 0) is 11.2 Å². The molecule has 1 fully saturated rings. The van der Waals surface area contributed by atoms with E-state index in [1.807, 2.05) is 19.2 Å². The highest BCUT2D eigenvalue weighted by atomic mass is 32.1. The normalized spacial score (nSPS) is 23.1. The van der Waals surface area contributed by atoms with E-state index in [4.69, 9.17) is 0 Å². The summed E-state index contributed by atoms with van der Waals surface area (Å²) in [5.41, 5.74) is 0.0155. The van der Waals surface area contributed by atoms with E-state index in [1.54, 1.807) is 23.2 Å². The number of amides is 2. The zero-order valence-corrected chi connectivity index (χ0v) is 13.4. The minimum absolute atomic E-state index is 0.175. The van der Waals surface area contributed by atoms with E-state index in [2.05, 4.69) is 10.3 Å². The zero-order valence-electron chi connectivity index (χ0n) is 12.5. The van der Waals surface area contributed by atoms with Crippen LogP contribution in [0.4, 0.5) is 4.79 Å². The summed E-state index contributed by atoms with van der Waals surface area (Å²) in [6.07, 6.45) is 1.37. The topological polar surface area (TPSA) is 82.5 Å². The molecule has 1 aliphatic rings. The summed E-state index contributed by atoms with van der Waals surface area (Å²) >= 11 is 1.59. The molecule has 2 rings (SSSR count). The molecular formula is C14H21N3O3S. The molecule has 21 heavy (non-hydrogen) atoms. The first kappa shape index (κ1) is 15.8. The molecule has 7 heteroatoms. The van der Waals surface area contributed by atoms with E-state index in [0.29, 0.717) is 13.0 Å². The van der Waals surface area contributed by atoms with Crippen LogP contribution >= 0.6 is 11.3 Å². The molecule has 2 heterocycles. The summed E-state index contributed by atoms with van der Waals surface area (Å²) in [5, 5.41) is 15.1. The number of aromatic nitrogens is 1. The van der Waals surface area contributed by atoms with Gasteiger partial charge >= 0.3 is 12.0 Å². The van der Waals surface area contributed by atoms with Crippen molar-refractivity contribution in [3.8, 4) is 0 Å². The van der Waals surface area contributed by atoms with Crippen molar-refractivity contribution in [3.63, 3.8) is 0 Å². The van der Waals surface area contributed by atoms with Gasteiger partial charge in [0.2, 0.25) is 0 Å². The Bertz CT molecular complexity index is 545. The summed E-state index contributed by atoms with van der Waals surface area (Å²) < 4.78 is 0. The predicted molar refractivity (Wildman–Crippen MR) is 80.4 cm³/mol. The number of urea groups is 1. The van der Waals surface area contributed by atoms with E-state index in [1.165, 1.54) is 0 Å². The molecule has 2 N–H and O–H groups in total. The van der Waals surface area contributed by atoms with Crippen LogP contribution in [0.5, 0.6) is 0 Å². The van der Waals surface area contributed by atoms with Gasteiger partial charge in [-0.1, -0.05) is 6.92 Å². The van der Waals surface area contributed by atoms with Gasteiger partial charge in [0.1, 0.15) is 0 Å². The fourth-order valence-corrected chi connectivity index (χ4v) is 3.18. The molecular weight excluding hydrogens is 290 g/mol. The number of nitrogens with one attached hydrogen (secondary N) is 1. The van der Waals surface area contributed by atoms with Gasteiger partial charge in [-0.05, 0) is 26.7 Å². The first-order valence-electron chi connectivity index (χ1n) is 7.09. The highest BCUT2D eigenvalue weighted by molar-refractivity contribution is 7.09. The van der Waals surface area contributed by atoms with Crippen LogP contribution in [0.25, 0.3) is 0 Å². The number of carboxylic acid groups (broad SMARTS) is 1. The lowest BCUT2D eigenvalue weighted by molar-refractivity contribution is -0.146. The Hall–Kier alpha value is -1.63. The van der Waals surface area contributed by atoms with Gasteiger partial charge in [-0.25, -0.2) is 9.78 Å². The number of thiazole rings is 1. The van der Waals surface area contributed by atoms with Crippen LogP contribution in [0.3, 0.4) is 0 Å². The number of aliphatic carboxylic acids is 1. The molecule has 1 aromatic rings. The monoisotopic (exact) mass is 311 g/mol. The van der Waals surface area contributed by atoms with Crippen LogP contribution in [-0.4, -0.2) is 40.1 Å². The van der Waals surface area contributed by atoms with Crippen molar-refractivity contribution in [1.82, 2.24) is 15.2 Å². The average Bonchev–Trinajstić information content (AvgIpc) is 3.05. The van der Waals surface area contributed by atoms with Crippen LogP contribution in [0.2, 0.25) is 0 Å². The fourth-order valence-electron chi connectivity index (χ4n) is 2.35. The third kappa shape index (κ3) is 3.34. The highest BCUT2D eigenvalue weighted by Gasteiger charge is 2.42. The number of rotatable bonds is 4. The third-order valence-electron chi connectivity index (χ3n) is 3.93. The van der Waals surface area contributed by atoms with Crippen molar-refractivity contribution < 1.29 is 14.7 Å². The van der Waals surface area contributed by atoms with Gasteiger partial charge < -0.3 is 15.3 Å². The smallest absolute Gasteiger partial charge is 0.317 e. The van der Waals surface area contributed by atoms with E-state index in [9.17, 15) is 14.7 Å². The second kappa shape index (κ2) is 6.01. The van der Waals surface area contributed by atoms with Crippen LogP contribution in [0, 0.1) is 5.41 Å². The number of carboxylic acids is 1. The molecule has 116 valence electrons. The summed E-state index contributed by atoms with van der Waals surface area (Å²) in [4.78, 5) is 29.4. The molecule has 6 nitrogen and oxygen atoms in total. The number of aryl methyl sites for hydroxylation is 1. The molecule has 0 radical (unpaired) electrons. The number of hydrogen-bond donors (Lipinski definition) is 2. The Morgan fingerprint density at radius 1 is 1.62 bits per heavy atom. The molecule has 1 aromatic heterocycles. The number of carbonyl (C=O) groups is 2. The summed E-state index contributed by atoms with van der Waals surface area (Å²) in [7, 11) is 0. The molecule has 0 aliphatic carbocycles. The Balaban J connectivity index is 1.94. The molecule has 2 unspecified atom stereocenters. The maximum absolute atomic E-state index is 12.2. The Kier molecular flexibility index (Phi) is 4.51. The van der Waals surface area contributed by atoms with Crippen molar-refractivity contribution in [1.29, 1.82) is 0 Å². The van der Waals surface area contributed by atoms with Crippen molar-refractivity contribution in [3.05, 3.63) is 16.1 Å². The maximum Gasteiger partial charge on any atom is 0.317 e. The van der Waals surface area contributed by atoms with E-state index >= 15 is 0 Å². The molecule has 0 saturated carbocycles. The first-order chi connectivity index (χ1) is 9.85. The van der Waals surface area contributed by atoms with Crippen molar-refractivity contribution in [2.24, 2.45) is 5.41 Å². The van der Waals surface area contributed by atoms with E-state index in [-0.39, 0.29) is 18.6 Å². The quantitative estimate of drug-likeness (QED) is 0.893. The minimum Gasteiger partial charge on any atom is -0.481 e. The summed E-state index contributed by atoms with van der Waals surface area (Å²) in [6, 6.07) is -0.399. The van der Waals surface area contributed by atoms with E-state index < -0.39 is 11.4 Å². The largest absolute Gasteiger partial charge is 0.481 e. The third-order valence-corrected chi connectivity index (χ3v) is 4.94. The van der Waals surface area contributed by atoms with Crippen molar-refractivity contribution in [2.75, 3.05) is 13.1 Å². The lowest BCUT2D eigenvalue weighted by atomic mass is 9.90. The number of hydrogen-bond acceptors (Lipinski definition) is 4. The molecule has 2 atom stereocenters. The zero-order chi connectivity index (χ0) is 15.6. The van der Waals surface area contributed by atoms with Gasteiger partial charge in [0.05, 0.1) is 22.2 Å². The summed E-state index contributed by atoms with van der Waals surface area (Å²) in [5.74, 6) is -0.849. The number of carbonyl (C=O) groups excluding carboxylic acids is 1. The Morgan fingerprint density at radius 3 is 2.86 bits per heavy atom. The SMILES string of the molecule is CCc1nc(C(C)NC(=O)N2CCC(C)(C(=O)O)C2)cs1. The van der Waals surface area contributed by atoms with Crippen LogP contribution in [0.15, 0.2) is 5.38 Å². The van der Waals surface area contributed by atoms with Gasteiger partial charge in [0.25, 0.3) is 0 Å². The molecule has 1 saturated heterocycles. The van der Waals surface area contributed by atoms with Gasteiger partial charge in [-0.2, -0.15) is 0 Å². The predicted octanol–water partition coefficient (Wildman–Crippen LogP) is 2.27. The van der Waals surface area contributed by atoms with Gasteiger partial charge in [-0.3, -0.25) is 4.79 Å². The Labute approximate surface area is 128 Å². The molecule has 2 amide bonds. The summed E-state index contributed by atoms with van der Waals surface area (Å²) in [6.45, 7) is 6.33. The van der Waals surface area contributed by atoms with Gasteiger partial charge in [0, 0.05) is 18.5 Å². The Morgan fingerprint density at radius 2 is 2.33 bits per heavy atom. The first-order valence-corrected chi connectivity index (χ1v) is 7.97. The lowest BCUT2D eigenvalue weighted by Gasteiger charge is -2.22. The fraction of sp³-hybridized carbons (Fsp3) is 0.643. The van der Waals surface area contributed by atoms with Crippen LogP contribution in [0.1, 0.15) is 43.9 Å². The standard InChI is InChI=1S/C14H21N3O3S/c1-4-11-16-10(7-21-11)9(2)15-13(20)17-6-5-14(3,8-17)12(18)19/h7,9H,4-6,8H2,1-3H3,(H,15,20)(H,18,19). The minimum atomic E-state index is -0.849. The average molecular weight is 311 g/mol. The maximum atomic E-state index is 12.2. The van der Waals surface area contributed by atoms with Crippen LogP contribution < -0.4 is 5.32 Å². The number of likely N-dealkylation sites (tertiary alicyclic amines) is 1. The van der Waals surface area contributed by atoms with Crippen molar-refractivity contribution in [2.45, 2.75) is 39.7 Å². The molecule has 0 aromatic carbocycles. The molecule has 0 spiro atoms. The molecule has 1 aliphatic heterocycles.